The molecule has 0 unspecified atom stereocenters. The van der Waals surface area contributed by atoms with Crippen LogP contribution in [0.3, 0.4) is 0 Å². The van der Waals surface area contributed by atoms with E-state index in [1.807, 2.05) is 84.9 Å². The minimum Gasteiger partial charge on any atom is -0.481 e. The maximum atomic E-state index is 12.2. The second kappa shape index (κ2) is 15.7. The number of hydrogen-bond acceptors (Lipinski definition) is 8. The third-order valence-corrected chi connectivity index (χ3v) is 10.3. The van der Waals surface area contributed by atoms with Crippen molar-refractivity contribution in [3.63, 3.8) is 0 Å². The Morgan fingerprint density at radius 2 is 1.66 bits per heavy atom. The number of carbonyl (C=O) groups is 2. The summed E-state index contributed by atoms with van der Waals surface area (Å²) in [5, 5.41) is 21.2. The number of ether oxygens (including phenoxy) is 2. The molecule has 0 bridgehead atoms. The largest absolute Gasteiger partial charge is 0.481 e. The second-order valence-corrected chi connectivity index (χ2v) is 13.8. The topological polar surface area (TPSA) is 118 Å². The highest BCUT2D eigenvalue weighted by Gasteiger charge is 2.32. The molecule has 0 spiro atoms. The number of nitrogens with zero attached hydrogens (tertiary/aromatic N) is 1. The number of benzene rings is 4. The SMILES string of the molecule is O=C(O)CCCC(=O)NCc1cccc(-c2cccc([C@@H]3O[C@H](CSc4nc5ccccc5s4)C[C@H](c4ccc(CO)cc4)O3)c2)c1. The monoisotopic (exact) mass is 668 g/mol. The van der Waals surface area contributed by atoms with E-state index >= 15 is 0 Å². The lowest BCUT2D eigenvalue weighted by atomic mass is 9.99. The molecule has 47 heavy (non-hydrogen) atoms. The molecule has 8 nitrogen and oxygen atoms in total. The van der Waals surface area contributed by atoms with Gasteiger partial charge in [-0.05, 0) is 58.5 Å². The molecule has 4 aromatic carbocycles. The molecule has 1 aromatic heterocycles. The van der Waals surface area contributed by atoms with E-state index in [0.717, 1.165) is 49.0 Å². The van der Waals surface area contributed by atoms with Crippen molar-refractivity contribution in [2.24, 2.45) is 0 Å². The summed E-state index contributed by atoms with van der Waals surface area (Å²) in [5.74, 6) is -0.334. The zero-order chi connectivity index (χ0) is 32.6. The highest BCUT2D eigenvalue weighted by atomic mass is 32.2. The van der Waals surface area contributed by atoms with Gasteiger partial charge < -0.3 is 25.0 Å². The lowest BCUT2D eigenvalue weighted by Gasteiger charge is -2.36. The standard InChI is InChI=1S/C37H36N2O6S2/c40-22-24-14-16-26(17-15-24)32-20-30(23-46-37-39-31-10-1-2-11-33(31)47-37)44-36(45-32)29-9-4-8-28(19-29)27-7-3-6-25(18-27)21-38-34(41)12-5-13-35(42)43/h1-4,6-11,14-19,30,32,36,40H,5,12-13,20-23H2,(H,38,41)(H,42,43)/t30-,32+,36+/m0/s1. The number of carboxylic acid groups (broad SMARTS) is 1. The van der Waals surface area contributed by atoms with E-state index in [1.165, 1.54) is 4.70 Å². The van der Waals surface area contributed by atoms with Crippen LogP contribution in [0.15, 0.2) is 101 Å². The molecular weight excluding hydrogens is 633 g/mol. The number of amides is 1. The summed E-state index contributed by atoms with van der Waals surface area (Å²) < 4.78 is 15.4. The van der Waals surface area contributed by atoms with Crippen molar-refractivity contribution in [2.75, 3.05) is 5.75 Å². The van der Waals surface area contributed by atoms with Crippen LogP contribution in [0.5, 0.6) is 0 Å². The molecule has 3 N–H and O–H groups in total. The Morgan fingerprint density at radius 3 is 2.45 bits per heavy atom. The summed E-state index contributed by atoms with van der Waals surface area (Å²) in [4.78, 5) is 27.7. The highest BCUT2D eigenvalue weighted by molar-refractivity contribution is 8.01. The normalized spacial score (nSPS) is 17.9. The van der Waals surface area contributed by atoms with Crippen molar-refractivity contribution in [3.8, 4) is 11.1 Å². The fraction of sp³-hybridized carbons (Fsp3) is 0.270. The minimum absolute atomic E-state index is 0.00781. The van der Waals surface area contributed by atoms with Crippen LogP contribution in [-0.2, 0) is 32.2 Å². The predicted molar refractivity (Wildman–Crippen MR) is 184 cm³/mol. The average molecular weight is 669 g/mol. The number of para-hydroxylation sites is 1. The molecule has 2 heterocycles. The summed E-state index contributed by atoms with van der Waals surface area (Å²) in [6.45, 7) is 0.352. The number of rotatable bonds is 13. The number of aliphatic hydroxyl groups excluding tert-OH is 1. The van der Waals surface area contributed by atoms with Crippen LogP contribution < -0.4 is 5.32 Å². The van der Waals surface area contributed by atoms with Gasteiger partial charge in [-0.15, -0.1) is 11.3 Å². The number of hydrogen-bond donors (Lipinski definition) is 3. The number of aliphatic carboxylic acids is 1. The van der Waals surface area contributed by atoms with Gasteiger partial charge in [-0.25, -0.2) is 4.98 Å². The van der Waals surface area contributed by atoms with E-state index in [-0.39, 0.29) is 37.6 Å². The summed E-state index contributed by atoms with van der Waals surface area (Å²) in [5.41, 5.74) is 6.76. The lowest BCUT2D eigenvalue weighted by molar-refractivity contribution is -0.245. The van der Waals surface area contributed by atoms with Gasteiger partial charge in [-0.3, -0.25) is 9.59 Å². The third kappa shape index (κ3) is 8.85. The quantitative estimate of drug-likeness (QED) is 0.110. The smallest absolute Gasteiger partial charge is 0.303 e. The summed E-state index contributed by atoms with van der Waals surface area (Å²) >= 11 is 3.40. The van der Waals surface area contributed by atoms with Crippen LogP contribution in [0.4, 0.5) is 0 Å². The van der Waals surface area contributed by atoms with E-state index in [9.17, 15) is 14.7 Å². The number of thioether (sulfide) groups is 1. The van der Waals surface area contributed by atoms with Gasteiger partial charge in [0.15, 0.2) is 10.6 Å². The molecule has 10 heteroatoms. The Balaban J connectivity index is 1.17. The fourth-order valence-corrected chi connectivity index (χ4v) is 7.63. The molecule has 6 rings (SSSR count). The summed E-state index contributed by atoms with van der Waals surface area (Å²) in [6, 6.07) is 32.2. The van der Waals surface area contributed by atoms with Crippen molar-refractivity contribution in [1.82, 2.24) is 10.3 Å². The second-order valence-electron chi connectivity index (χ2n) is 11.5. The predicted octanol–water partition coefficient (Wildman–Crippen LogP) is 7.66. The number of fused-ring (bicyclic) bond motifs is 1. The van der Waals surface area contributed by atoms with Gasteiger partial charge >= 0.3 is 5.97 Å². The van der Waals surface area contributed by atoms with Gasteiger partial charge in [-0.1, -0.05) is 84.6 Å². The van der Waals surface area contributed by atoms with Crippen molar-refractivity contribution in [2.45, 2.75) is 61.7 Å². The van der Waals surface area contributed by atoms with Crippen LogP contribution in [0, 0.1) is 0 Å². The number of carboxylic acids is 1. The first-order chi connectivity index (χ1) is 22.9. The number of aliphatic hydroxyl groups is 1. The number of aromatic nitrogens is 1. The van der Waals surface area contributed by atoms with E-state index in [2.05, 4.69) is 17.4 Å². The van der Waals surface area contributed by atoms with E-state index in [1.54, 1.807) is 23.1 Å². The fourth-order valence-electron chi connectivity index (χ4n) is 5.51. The molecule has 1 amide bonds. The van der Waals surface area contributed by atoms with Crippen LogP contribution in [0.25, 0.3) is 21.3 Å². The zero-order valence-corrected chi connectivity index (χ0v) is 27.3. The number of nitrogens with one attached hydrogen (secondary N) is 1. The third-order valence-electron chi connectivity index (χ3n) is 7.99. The maximum absolute atomic E-state index is 12.2. The van der Waals surface area contributed by atoms with Gasteiger partial charge in [0.25, 0.3) is 0 Å². The van der Waals surface area contributed by atoms with E-state index < -0.39 is 12.3 Å². The van der Waals surface area contributed by atoms with Crippen LogP contribution in [0.2, 0.25) is 0 Å². The van der Waals surface area contributed by atoms with Crippen LogP contribution in [0.1, 0.15) is 60.3 Å². The van der Waals surface area contributed by atoms with E-state index in [0.29, 0.717) is 19.4 Å². The highest BCUT2D eigenvalue weighted by Crippen LogP contribution is 2.41. The molecular formula is C37H36N2O6S2. The first-order valence-electron chi connectivity index (χ1n) is 15.6. The van der Waals surface area contributed by atoms with Crippen molar-refractivity contribution >= 4 is 45.2 Å². The molecule has 1 fully saturated rings. The summed E-state index contributed by atoms with van der Waals surface area (Å²) in [7, 11) is 0. The summed E-state index contributed by atoms with van der Waals surface area (Å²) in [6.07, 6.45) is 0.315. The molecule has 0 saturated carbocycles. The first-order valence-corrected chi connectivity index (χ1v) is 17.4. The lowest BCUT2D eigenvalue weighted by Crippen LogP contribution is -2.31. The van der Waals surface area contributed by atoms with Crippen molar-refractivity contribution in [3.05, 3.63) is 119 Å². The molecule has 1 aliphatic heterocycles. The van der Waals surface area contributed by atoms with Crippen molar-refractivity contribution in [1.29, 1.82) is 0 Å². The minimum atomic E-state index is -0.900. The van der Waals surface area contributed by atoms with Gasteiger partial charge in [0.1, 0.15) is 0 Å². The Bertz CT molecular complexity index is 1790. The molecule has 242 valence electrons. The Morgan fingerprint density at radius 1 is 0.872 bits per heavy atom. The van der Waals surface area contributed by atoms with Gasteiger partial charge in [0, 0.05) is 37.1 Å². The average Bonchev–Trinajstić information content (AvgIpc) is 3.53. The Labute approximate surface area is 281 Å². The molecule has 5 aromatic rings. The number of carbonyl (C=O) groups excluding carboxylic acids is 1. The molecule has 3 atom stereocenters. The van der Waals surface area contributed by atoms with Gasteiger partial charge in [-0.2, -0.15) is 0 Å². The van der Waals surface area contributed by atoms with E-state index in [4.69, 9.17) is 19.6 Å². The maximum Gasteiger partial charge on any atom is 0.303 e. The van der Waals surface area contributed by atoms with Gasteiger partial charge in [0.2, 0.25) is 5.91 Å². The van der Waals surface area contributed by atoms with Crippen LogP contribution >= 0.6 is 23.1 Å². The molecule has 0 aliphatic carbocycles. The Kier molecular flexibility index (Phi) is 11.0. The zero-order valence-electron chi connectivity index (χ0n) is 25.7. The Hall–Kier alpha value is -4.06. The van der Waals surface area contributed by atoms with Crippen LogP contribution in [-0.4, -0.2) is 38.9 Å². The molecule has 1 aliphatic rings. The molecule has 1 saturated heterocycles. The van der Waals surface area contributed by atoms with Crippen molar-refractivity contribution < 1.29 is 29.3 Å². The first kappa shape index (κ1) is 32.9. The molecule has 0 radical (unpaired) electrons. The van der Waals surface area contributed by atoms with Gasteiger partial charge in [0.05, 0.1) is 29.0 Å². The number of thiazole rings is 1.